The molecule has 1 amide bonds. The molecule has 0 aliphatic heterocycles. The molecule has 0 atom stereocenters. The lowest BCUT2D eigenvalue weighted by Gasteiger charge is -2.07. The molecule has 2 aromatic rings. The summed E-state index contributed by atoms with van der Waals surface area (Å²) in [5.41, 5.74) is 0.884. The van der Waals surface area contributed by atoms with E-state index in [1.165, 1.54) is 12.1 Å². The highest BCUT2D eigenvalue weighted by molar-refractivity contribution is 6.06. The minimum absolute atomic E-state index is 0.138. The molecular formula is C14H12N2O4. The van der Waals surface area contributed by atoms with Gasteiger partial charge in [0.1, 0.15) is 0 Å². The van der Waals surface area contributed by atoms with Crippen LogP contribution in [-0.4, -0.2) is 15.9 Å². The lowest BCUT2D eigenvalue weighted by atomic mass is 10.1. The van der Waals surface area contributed by atoms with Crippen LogP contribution >= 0.6 is 0 Å². The maximum absolute atomic E-state index is 12.0. The zero-order valence-electron chi connectivity index (χ0n) is 10.7. The summed E-state index contributed by atoms with van der Waals surface area (Å²) >= 11 is 0. The van der Waals surface area contributed by atoms with Crippen LogP contribution in [0.5, 0.6) is 5.75 Å². The summed E-state index contributed by atoms with van der Waals surface area (Å²) in [7, 11) is 0. The van der Waals surface area contributed by atoms with Crippen molar-refractivity contribution in [2.75, 3.05) is 5.32 Å². The molecule has 2 aromatic carbocycles. The number of benzene rings is 2. The smallest absolute Gasteiger partial charge is 0.311 e. The van der Waals surface area contributed by atoms with Crippen LogP contribution in [0.3, 0.4) is 0 Å². The van der Waals surface area contributed by atoms with E-state index in [-0.39, 0.29) is 5.56 Å². The van der Waals surface area contributed by atoms with E-state index in [0.717, 1.165) is 11.6 Å². The first-order valence-electron chi connectivity index (χ1n) is 5.83. The number of amides is 1. The Morgan fingerprint density at radius 1 is 1.25 bits per heavy atom. The zero-order chi connectivity index (χ0) is 14.7. The number of phenols is 1. The van der Waals surface area contributed by atoms with Crippen LogP contribution in [0.15, 0.2) is 42.5 Å². The molecule has 0 bridgehead atoms. The number of carbonyl (C=O) groups is 1. The number of nitro groups is 1. The van der Waals surface area contributed by atoms with Gasteiger partial charge >= 0.3 is 5.69 Å². The Hall–Kier alpha value is -2.89. The second-order valence-corrected chi connectivity index (χ2v) is 4.25. The monoisotopic (exact) mass is 272 g/mol. The van der Waals surface area contributed by atoms with Gasteiger partial charge in [-0.3, -0.25) is 14.9 Å². The topological polar surface area (TPSA) is 92.5 Å². The zero-order valence-corrected chi connectivity index (χ0v) is 10.7. The average Bonchev–Trinajstić information content (AvgIpc) is 2.38. The van der Waals surface area contributed by atoms with Gasteiger partial charge < -0.3 is 10.4 Å². The number of nitrogens with zero attached hydrogens (tertiary/aromatic N) is 1. The number of anilines is 1. The third-order valence-corrected chi connectivity index (χ3v) is 2.73. The number of nitrogens with one attached hydrogen (secondary N) is 1. The van der Waals surface area contributed by atoms with Crippen molar-refractivity contribution in [3.8, 4) is 5.75 Å². The lowest BCUT2D eigenvalue weighted by molar-refractivity contribution is -0.385. The van der Waals surface area contributed by atoms with Crippen molar-refractivity contribution in [3.05, 3.63) is 63.7 Å². The number of hydrogen-bond donors (Lipinski definition) is 2. The molecule has 0 radical (unpaired) electrons. The molecule has 0 spiro atoms. The van der Waals surface area contributed by atoms with E-state index >= 15 is 0 Å². The highest BCUT2D eigenvalue weighted by atomic mass is 16.6. The lowest BCUT2D eigenvalue weighted by Crippen LogP contribution is -2.12. The minimum Gasteiger partial charge on any atom is -0.502 e. The van der Waals surface area contributed by atoms with Gasteiger partial charge in [0.15, 0.2) is 0 Å². The molecular weight excluding hydrogens is 260 g/mol. The van der Waals surface area contributed by atoms with E-state index in [1.807, 2.05) is 13.0 Å². The van der Waals surface area contributed by atoms with Gasteiger partial charge in [0.25, 0.3) is 5.91 Å². The molecule has 0 saturated heterocycles. The summed E-state index contributed by atoms with van der Waals surface area (Å²) in [4.78, 5) is 22.0. The van der Waals surface area contributed by atoms with Crippen molar-refractivity contribution in [1.29, 1.82) is 0 Å². The van der Waals surface area contributed by atoms with E-state index in [9.17, 15) is 20.0 Å². The van der Waals surface area contributed by atoms with Gasteiger partial charge in [-0.25, -0.2) is 0 Å². The van der Waals surface area contributed by atoms with E-state index in [1.54, 1.807) is 18.2 Å². The number of carbonyl (C=O) groups excluding carboxylic acids is 1. The fourth-order valence-corrected chi connectivity index (χ4v) is 1.78. The van der Waals surface area contributed by atoms with Gasteiger partial charge in [0, 0.05) is 11.8 Å². The molecule has 0 fully saturated rings. The van der Waals surface area contributed by atoms with Crippen LogP contribution in [0.25, 0.3) is 0 Å². The van der Waals surface area contributed by atoms with Gasteiger partial charge in [-0.2, -0.15) is 0 Å². The van der Waals surface area contributed by atoms with Gasteiger partial charge in [0.05, 0.1) is 10.5 Å². The molecule has 0 aliphatic carbocycles. The summed E-state index contributed by atoms with van der Waals surface area (Å²) in [6.07, 6.45) is 0. The maximum atomic E-state index is 12.0. The van der Waals surface area contributed by atoms with E-state index in [4.69, 9.17) is 0 Å². The molecule has 2 N–H and O–H groups in total. The molecule has 102 valence electrons. The molecule has 6 nitrogen and oxygen atoms in total. The third-order valence-electron chi connectivity index (χ3n) is 2.73. The SMILES string of the molecule is Cc1cccc(NC(=O)c2cccc([N+](=O)[O-])c2O)c1. The van der Waals surface area contributed by atoms with E-state index in [0.29, 0.717) is 5.69 Å². The number of hydrogen-bond acceptors (Lipinski definition) is 4. The summed E-state index contributed by atoms with van der Waals surface area (Å²) in [6.45, 7) is 1.88. The Kier molecular flexibility index (Phi) is 3.65. The summed E-state index contributed by atoms with van der Waals surface area (Å²) in [5, 5.41) is 23.1. The summed E-state index contributed by atoms with van der Waals surface area (Å²) in [6, 6.07) is 10.9. The van der Waals surface area contributed by atoms with Crippen molar-refractivity contribution < 1.29 is 14.8 Å². The number of phenolic OH excluding ortho intramolecular Hbond substituents is 1. The minimum atomic E-state index is -0.737. The number of aryl methyl sites for hydroxylation is 1. The van der Waals surface area contributed by atoms with Crippen molar-refractivity contribution in [2.45, 2.75) is 6.92 Å². The Morgan fingerprint density at radius 2 is 1.95 bits per heavy atom. The fraction of sp³-hybridized carbons (Fsp3) is 0.0714. The van der Waals surface area contributed by atoms with Crippen molar-refractivity contribution >= 4 is 17.3 Å². The molecule has 2 rings (SSSR count). The second kappa shape index (κ2) is 5.40. The fourth-order valence-electron chi connectivity index (χ4n) is 1.78. The number of rotatable bonds is 3. The van der Waals surface area contributed by atoms with Gasteiger partial charge in [-0.05, 0) is 30.7 Å². The number of aromatic hydroxyl groups is 1. The first-order valence-corrected chi connectivity index (χ1v) is 5.83. The number of para-hydroxylation sites is 1. The molecule has 0 saturated carbocycles. The van der Waals surface area contributed by atoms with Gasteiger partial charge in [0.2, 0.25) is 5.75 Å². The van der Waals surface area contributed by atoms with E-state index in [2.05, 4.69) is 5.32 Å². The highest BCUT2D eigenvalue weighted by Crippen LogP contribution is 2.29. The second-order valence-electron chi connectivity index (χ2n) is 4.25. The standard InChI is InChI=1S/C14H12N2O4/c1-9-4-2-5-10(8-9)15-14(18)11-6-3-7-12(13(11)17)16(19)20/h2-8,17H,1H3,(H,15,18). The Balaban J connectivity index is 2.30. The Labute approximate surface area is 114 Å². The maximum Gasteiger partial charge on any atom is 0.311 e. The average molecular weight is 272 g/mol. The first-order chi connectivity index (χ1) is 9.49. The molecule has 20 heavy (non-hydrogen) atoms. The molecule has 0 aromatic heterocycles. The van der Waals surface area contributed by atoms with Crippen LogP contribution in [0, 0.1) is 17.0 Å². The van der Waals surface area contributed by atoms with Crippen LogP contribution in [0.1, 0.15) is 15.9 Å². The highest BCUT2D eigenvalue weighted by Gasteiger charge is 2.20. The number of nitro benzene ring substituents is 1. The quantitative estimate of drug-likeness (QED) is 0.663. The van der Waals surface area contributed by atoms with Crippen LogP contribution in [0.4, 0.5) is 11.4 Å². The van der Waals surface area contributed by atoms with E-state index < -0.39 is 22.3 Å². The van der Waals surface area contributed by atoms with Crippen LogP contribution < -0.4 is 5.32 Å². The largest absolute Gasteiger partial charge is 0.502 e. The Bertz CT molecular complexity index is 683. The van der Waals surface area contributed by atoms with Crippen molar-refractivity contribution in [3.63, 3.8) is 0 Å². The third kappa shape index (κ3) is 2.74. The van der Waals surface area contributed by atoms with Crippen molar-refractivity contribution in [1.82, 2.24) is 0 Å². The summed E-state index contributed by atoms with van der Waals surface area (Å²) in [5.74, 6) is -1.24. The molecule has 0 aliphatic rings. The Morgan fingerprint density at radius 3 is 2.60 bits per heavy atom. The van der Waals surface area contributed by atoms with Gasteiger partial charge in [-0.15, -0.1) is 0 Å². The first kappa shape index (κ1) is 13.5. The van der Waals surface area contributed by atoms with Crippen LogP contribution in [-0.2, 0) is 0 Å². The predicted molar refractivity (Wildman–Crippen MR) is 73.9 cm³/mol. The molecule has 6 heteroatoms. The molecule has 0 unspecified atom stereocenters. The normalized spacial score (nSPS) is 10.1. The van der Waals surface area contributed by atoms with Gasteiger partial charge in [-0.1, -0.05) is 18.2 Å². The molecule has 0 heterocycles. The predicted octanol–water partition coefficient (Wildman–Crippen LogP) is 2.86. The summed E-state index contributed by atoms with van der Waals surface area (Å²) < 4.78 is 0. The van der Waals surface area contributed by atoms with Crippen molar-refractivity contribution in [2.24, 2.45) is 0 Å². The van der Waals surface area contributed by atoms with Crippen LogP contribution in [0.2, 0.25) is 0 Å².